The third-order valence-corrected chi connectivity index (χ3v) is 3.52. The highest BCUT2D eigenvalue weighted by molar-refractivity contribution is 9.10. The van der Waals surface area contributed by atoms with Crippen LogP contribution in [0.25, 0.3) is 0 Å². The lowest BCUT2D eigenvalue weighted by Gasteiger charge is -2.23. The Balaban J connectivity index is 2.06. The Morgan fingerprint density at radius 2 is 1.80 bits per heavy atom. The first kappa shape index (κ1) is 15.0. The zero-order valence-electron chi connectivity index (χ0n) is 11.6. The highest BCUT2D eigenvalue weighted by atomic mass is 79.9. The average molecular weight is 336 g/mol. The van der Waals surface area contributed by atoms with Crippen LogP contribution in [0, 0.1) is 0 Å². The quantitative estimate of drug-likeness (QED) is 0.910. The molecule has 0 bridgehead atoms. The summed E-state index contributed by atoms with van der Waals surface area (Å²) >= 11 is 3.39. The number of aromatic nitrogens is 1. The molecular formula is C16H18BrNO2. The van der Waals surface area contributed by atoms with Crippen LogP contribution in [0.5, 0.6) is 5.75 Å². The zero-order chi connectivity index (χ0) is 14.6. The number of hydrogen-bond acceptors (Lipinski definition) is 3. The smallest absolute Gasteiger partial charge is 0.118 e. The molecule has 0 saturated carbocycles. The van der Waals surface area contributed by atoms with E-state index in [1.165, 1.54) is 0 Å². The molecule has 0 radical (unpaired) electrons. The van der Waals surface area contributed by atoms with Gasteiger partial charge in [0, 0.05) is 29.7 Å². The maximum atomic E-state index is 10.6. The third kappa shape index (κ3) is 4.32. The topological polar surface area (TPSA) is 42.4 Å². The maximum absolute atomic E-state index is 10.6. The molecule has 1 aromatic carbocycles. The number of ether oxygens (including phenoxy) is 1. The number of pyridine rings is 1. The molecule has 2 rings (SSSR count). The summed E-state index contributed by atoms with van der Waals surface area (Å²) in [5.74, 6) is 0.824. The molecule has 106 valence electrons. The van der Waals surface area contributed by atoms with Gasteiger partial charge in [-0.2, -0.15) is 0 Å². The van der Waals surface area contributed by atoms with Crippen LogP contribution in [0.4, 0.5) is 0 Å². The van der Waals surface area contributed by atoms with Gasteiger partial charge >= 0.3 is 0 Å². The molecule has 0 spiro atoms. The fourth-order valence-corrected chi connectivity index (χ4v) is 2.65. The van der Waals surface area contributed by atoms with Crippen LogP contribution in [0.3, 0.4) is 0 Å². The van der Waals surface area contributed by atoms with Gasteiger partial charge in [-0.3, -0.25) is 4.98 Å². The lowest BCUT2D eigenvalue weighted by atomic mass is 9.90. The number of nitrogens with zero attached hydrogens (tertiary/aromatic N) is 1. The molecule has 2 aromatic rings. The van der Waals surface area contributed by atoms with Gasteiger partial charge in [-0.05, 0) is 52.2 Å². The van der Waals surface area contributed by atoms with E-state index in [0.29, 0.717) is 12.8 Å². The molecule has 1 aromatic heterocycles. The number of methoxy groups -OCH3 is 1. The van der Waals surface area contributed by atoms with Crippen LogP contribution in [0.15, 0.2) is 47.2 Å². The second-order valence-electron chi connectivity index (χ2n) is 5.21. The van der Waals surface area contributed by atoms with Crippen LogP contribution >= 0.6 is 15.9 Å². The van der Waals surface area contributed by atoms with Gasteiger partial charge < -0.3 is 9.84 Å². The summed E-state index contributed by atoms with van der Waals surface area (Å²) in [6.07, 6.45) is 4.67. The van der Waals surface area contributed by atoms with Gasteiger partial charge in [-0.15, -0.1) is 0 Å². The SMILES string of the molecule is COc1ccc(CC(C)(O)Cc2cncc(Br)c2)cc1. The van der Waals surface area contributed by atoms with Crippen LogP contribution < -0.4 is 4.74 Å². The normalized spacial score (nSPS) is 13.8. The molecule has 20 heavy (non-hydrogen) atoms. The molecule has 1 N–H and O–H groups in total. The molecule has 3 nitrogen and oxygen atoms in total. The number of hydrogen-bond donors (Lipinski definition) is 1. The van der Waals surface area contributed by atoms with E-state index in [1.807, 2.05) is 37.3 Å². The van der Waals surface area contributed by atoms with Gasteiger partial charge in [0.2, 0.25) is 0 Å². The van der Waals surface area contributed by atoms with Crippen molar-refractivity contribution in [2.45, 2.75) is 25.4 Å². The zero-order valence-corrected chi connectivity index (χ0v) is 13.2. The van der Waals surface area contributed by atoms with Crippen molar-refractivity contribution >= 4 is 15.9 Å². The molecule has 0 aliphatic rings. The Labute approximate surface area is 127 Å². The van der Waals surface area contributed by atoms with Gasteiger partial charge in [-0.1, -0.05) is 12.1 Å². The summed E-state index contributed by atoms with van der Waals surface area (Å²) in [5.41, 5.74) is 1.29. The molecular weight excluding hydrogens is 318 g/mol. The minimum absolute atomic E-state index is 0.561. The van der Waals surface area contributed by atoms with Crippen molar-refractivity contribution in [1.29, 1.82) is 0 Å². The van der Waals surface area contributed by atoms with Crippen molar-refractivity contribution in [3.63, 3.8) is 0 Å². The minimum Gasteiger partial charge on any atom is -0.497 e. The van der Waals surface area contributed by atoms with E-state index < -0.39 is 5.60 Å². The van der Waals surface area contributed by atoms with Crippen molar-refractivity contribution in [3.05, 3.63) is 58.3 Å². The average Bonchev–Trinajstić information content (AvgIpc) is 2.38. The molecule has 1 unspecified atom stereocenters. The van der Waals surface area contributed by atoms with Gasteiger partial charge in [0.05, 0.1) is 12.7 Å². The highest BCUT2D eigenvalue weighted by Gasteiger charge is 2.21. The van der Waals surface area contributed by atoms with E-state index in [9.17, 15) is 5.11 Å². The van der Waals surface area contributed by atoms with Gasteiger partial charge in [-0.25, -0.2) is 0 Å². The van der Waals surface area contributed by atoms with Crippen molar-refractivity contribution in [1.82, 2.24) is 4.98 Å². The lowest BCUT2D eigenvalue weighted by Crippen LogP contribution is -2.30. The summed E-state index contributed by atoms with van der Waals surface area (Å²) < 4.78 is 6.06. The van der Waals surface area contributed by atoms with E-state index >= 15 is 0 Å². The Morgan fingerprint density at radius 3 is 2.40 bits per heavy atom. The molecule has 0 aliphatic carbocycles. The predicted octanol–water partition coefficient (Wildman–Crippen LogP) is 3.39. The first-order valence-electron chi connectivity index (χ1n) is 6.43. The van der Waals surface area contributed by atoms with E-state index in [1.54, 1.807) is 19.5 Å². The van der Waals surface area contributed by atoms with Crippen LogP contribution in [0.1, 0.15) is 18.1 Å². The van der Waals surface area contributed by atoms with E-state index in [0.717, 1.165) is 21.3 Å². The molecule has 1 atom stereocenters. The fourth-order valence-electron chi connectivity index (χ4n) is 2.24. The summed E-state index contributed by atoms with van der Waals surface area (Å²) in [5, 5.41) is 10.6. The standard InChI is InChI=1S/C16H18BrNO2/c1-16(19,9-13-7-14(17)11-18-10-13)8-12-3-5-15(20-2)6-4-12/h3-7,10-11,19H,8-9H2,1-2H3. The van der Waals surface area contributed by atoms with Crippen LogP contribution in [0.2, 0.25) is 0 Å². The number of halogens is 1. The molecule has 0 fully saturated rings. The summed E-state index contributed by atoms with van der Waals surface area (Å²) in [4.78, 5) is 4.12. The van der Waals surface area contributed by atoms with E-state index in [2.05, 4.69) is 20.9 Å². The highest BCUT2D eigenvalue weighted by Crippen LogP contribution is 2.21. The lowest BCUT2D eigenvalue weighted by molar-refractivity contribution is 0.0607. The number of benzene rings is 1. The van der Waals surface area contributed by atoms with Crippen molar-refractivity contribution in [2.24, 2.45) is 0 Å². The molecule has 4 heteroatoms. The van der Waals surface area contributed by atoms with Crippen molar-refractivity contribution < 1.29 is 9.84 Å². The fraction of sp³-hybridized carbons (Fsp3) is 0.312. The van der Waals surface area contributed by atoms with E-state index in [4.69, 9.17) is 4.74 Å². The monoisotopic (exact) mass is 335 g/mol. The maximum Gasteiger partial charge on any atom is 0.118 e. The predicted molar refractivity (Wildman–Crippen MR) is 83.0 cm³/mol. The van der Waals surface area contributed by atoms with Crippen LogP contribution in [-0.4, -0.2) is 22.8 Å². The molecule has 0 amide bonds. The molecule has 0 aliphatic heterocycles. The van der Waals surface area contributed by atoms with Gasteiger partial charge in [0.1, 0.15) is 5.75 Å². The second kappa shape index (κ2) is 6.37. The Morgan fingerprint density at radius 1 is 1.15 bits per heavy atom. The Kier molecular flexibility index (Phi) is 4.78. The Hall–Kier alpha value is -1.39. The van der Waals surface area contributed by atoms with Gasteiger partial charge in [0.15, 0.2) is 0 Å². The molecule has 1 heterocycles. The number of aliphatic hydroxyl groups is 1. The Bertz CT molecular complexity index is 567. The van der Waals surface area contributed by atoms with Crippen LogP contribution in [-0.2, 0) is 12.8 Å². The largest absolute Gasteiger partial charge is 0.497 e. The summed E-state index contributed by atoms with van der Waals surface area (Å²) in [6.45, 7) is 1.85. The van der Waals surface area contributed by atoms with Crippen molar-refractivity contribution in [2.75, 3.05) is 7.11 Å². The van der Waals surface area contributed by atoms with Gasteiger partial charge in [0.25, 0.3) is 0 Å². The summed E-state index contributed by atoms with van der Waals surface area (Å²) in [7, 11) is 1.64. The first-order chi connectivity index (χ1) is 9.48. The second-order valence-corrected chi connectivity index (χ2v) is 6.13. The number of rotatable bonds is 5. The van der Waals surface area contributed by atoms with Crippen molar-refractivity contribution in [3.8, 4) is 5.75 Å². The first-order valence-corrected chi connectivity index (χ1v) is 7.22. The third-order valence-electron chi connectivity index (χ3n) is 3.09. The minimum atomic E-state index is -0.808. The molecule has 0 saturated heterocycles. The summed E-state index contributed by atoms with van der Waals surface area (Å²) in [6, 6.07) is 9.76. The van der Waals surface area contributed by atoms with E-state index in [-0.39, 0.29) is 0 Å².